The van der Waals surface area contributed by atoms with Gasteiger partial charge in [0.25, 0.3) is 0 Å². The summed E-state index contributed by atoms with van der Waals surface area (Å²) >= 11 is 0. The Bertz CT molecular complexity index is 280. The zero-order chi connectivity index (χ0) is 9.68. The van der Waals surface area contributed by atoms with Crippen LogP contribution in [-0.2, 0) is 6.54 Å². The maximum absolute atomic E-state index is 11.5. The quantitative estimate of drug-likeness (QED) is 0.684. The largest absolute Gasteiger partial charge is 0.330 e. The zero-order valence-electron chi connectivity index (χ0n) is 7.86. The number of Topliss-reactive ketones (excluding diaryl/α,β-unsaturated/α-hetero) is 1. The van der Waals surface area contributed by atoms with Gasteiger partial charge in [0, 0.05) is 25.4 Å². The van der Waals surface area contributed by atoms with Gasteiger partial charge in [-0.2, -0.15) is 0 Å². The summed E-state index contributed by atoms with van der Waals surface area (Å²) in [6.07, 6.45) is 4.69. The number of aryl methyl sites for hydroxylation is 1. The summed E-state index contributed by atoms with van der Waals surface area (Å²) in [7, 11) is 0. The highest BCUT2D eigenvalue weighted by atomic mass is 16.1. The monoisotopic (exact) mass is 181 g/mol. The summed E-state index contributed by atoms with van der Waals surface area (Å²) < 4.78 is 1.85. The first-order valence-corrected chi connectivity index (χ1v) is 4.54. The Balaban J connectivity index is 2.65. The number of nitrogens with two attached hydrogens (primary N) is 1. The molecule has 0 saturated carbocycles. The maximum atomic E-state index is 11.5. The molecule has 0 aliphatic rings. The molecule has 1 aromatic rings. The van der Waals surface area contributed by atoms with Gasteiger partial charge in [0.2, 0.25) is 0 Å². The van der Waals surface area contributed by atoms with E-state index in [-0.39, 0.29) is 5.78 Å². The Hall–Kier alpha value is -1.16. The predicted molar refractivity (Wildman–Crippen MR) is 50.5 cm³/mol. The Morgan fingerprint density at radius 1 is 1.69 bits per heavy atom. The topological polar surface area (TPSA) is 60.9 Å². The van der Waals surface area contributed by atoms with Crippen molar-refractivity contribution in [3.63, 3.8) is 0 Å². The van der Waals surface area contributed by atoms with Crippen LogP contribution in [0.1, 0.15) is 30.4 Å². The lowest BCUT2D eigenvalue weighted by molar-refractivity contribution is 0.0966. The molecule has 0 atom stereocenters. The third kappa shape index (κ3) is 2.39. The van der Waals surface area contributed by atoms with Crippen molar-refractivity contribution in [3.8, 4) is 0 Å². The number of nitrogens with zero attached hydrogens (tertiary/aromatic N) is 2. The summed E-state index contributed by atoms with van der Waals surface area (Å²) in [5, 5.41) is 0. The first kappa shape index (κ1) is 9.92. The second kappa shape index (κ2) is 4.77. The third-order valence-corrected chi connectivity index (χ3v) is 1.91. The number of hydrogen-bond acceptors (Lipinski definition) is 3. The van der Waals surface area contributed by atoms with Crippen LogP contribution in [0.3, 0.4) is 0 Å². The van der Waals surface area contributed by atoms with E-state index >= 15 is 0 Å². The van der Waals surface area contributed by atoms with E-state index in [0.29, 0.717) is 18.8 Å². The highest BCUT2D eigenvalue weighted by Gasteiger charge is 2.10. The third-order valence-electron chi connectivity index (χ3n) is 1.91. The number of rotatable bonds is 5. The van der Waals surface area contributed by atoms with Crippen LogP contribution in [0.15, 0.2) is 12.4 Å². The molecular formula is C9H15N3O. The van der Waals surface area contributed by atoms with Crippen LogP contribution in [0, 0.1) is 0 Å². The van der Waals surface area contributed by atoms with E-state index in [1.165, 1.54) is 0 Å². The average molecular weight is 181 g/mol. The average Bonchev–Trinajstić information content (AvgIpc) is 2.61. The summed E-state index contributed by atoms with van der Waals surface area (Å²) in [6.45, 7) is 3.32. The van der Waals surface area contributed by atoms with Crippen molar-refractivity contribution in [1.29, 1.82) is 0 Å². The first-order valence-electron chi connectivity index (χ1n) is 4.54. The molecule has 0 bridgehead atoms. The minimum atomic E-state index is 0.0808. The van der Waals surface area contributed by atoms with E-state index in [1.807, 2.05) is 17.7 Å². The van der Waals surface area contributed by atoms with Crippen LogP contribution in [0.5, 0.6) is 0 Å². The second-order valence-corrected chi connectivity index (χ2v) is 2.85. The van der Waals surface area contributed by atoms with Crippen molar-refractivity contribution in [3.05, 3.63) is 18.2 Å². The predicted octanol–water partition coefficient (Wildman–Crippen LogP) is 0.825. The Labute approximate surface area is 77.8 Å². The van der Waals surface area contributed by atoms with Crippen LogP contribution in [0.25, 0.3) is 0 Å². The SMILES string of the molecule is CCn1ccnc1C(=O)CCCN. The number of imidazole rings is 1. The molecule has 1 rings (SSSR count). The number of ketones is 1. The molecule has 0 spiro atoms. The summed E-state index contributed by atoms with van der Waals surface area (Å²) in [5.74, 6) is 0.633. The highest BCUT2D eigenvalue weighted by Crippen LogP contribution is 2.03. The molecule has 4 nitrogen and oxygen atoms in total. The molecule has 0 aliphatic heterocycles. The van der Waals surface area contributed by atoms with E-state index in [4.69, 9.17) is 5.73 Å². The lowest BCUT2D eigenvalue weighted by atomic mass is 10.2. The minimum absolute atomic E-state index is 0.0808. The number of aromatic nitrogens is 2. The van der Waals surface area contributed by atoms with Crippen molar-refractivity contribution < 1.29 is 4.79 Å². The lowest BCUT2D eigenvalue weighted by Gasteiger charge is -2.02. The zero-order valence-corrected chi connectivity index (χ0v) is 7.86. The fraction of sp³-hybridized carbons (Fsp3) is 0.556. The van der Waals surface area contributed by atoms with E-state index < -0.39 is 0 Å². The molecule has 72 valence electrons. The molecule has 13 heavy (non-hydrogen) atoms. The Morgan fingerprint density at radius 2 is 2.46 bits per heavy atom. The molecule has 0 fully saturated rings. The molecule has 0 aromatic carbocycles. The molecule has 0 amide bonds. The van der Waals surface area contributed by atoms with Gasteiger partial charge in [0.05, 0.1) is 0 Å². The van der Waals surface area contributed by atoms with E-state index in [2.05, 4.69) is 4.98 Å². The van der Waals surface area contributed by atoms with E-state index in [9.17, 15) is 4.79 Å². The highest BCUT2D eigenvalue weighted by molar-refractivity contribution is 5.92. The smallest absolute Gasteiger partial charge is 0.198 e. The molecular weight excluding hydrogens is 166 g/mol. The van der Waals surface area contributed by atoms with Gasteiger partial charge in [-0.15, -0.1) is 0 Å². The molecule has 0 radical (unpaired) electrons. The summed E-state index contributed by atoms with van der Waals surface area (Å²) in [5.41, 5.74) is 5.32. The molecule has 0 saturated heterocycles. The standard InChI is InChI=1S/C9H15N3O/c1-2-12-7-6-11-9(12)8(13)4-3-5-10/h6-7H,2-5,10H2,1H3. The van der Waals surface area contributed by atoms with Gasteiger partial charge in [0.1, 0.15) is 0 Å². The Morgan fingerprint density at radius 3 is 3.08 bits per heavy atom. The van der Waals surface area contributed by atoms with Crippen LogP contribution in [0.2, 0.25) is 0 Å². The van der Waals surface area contributed by atoms with Gasteiger partial charge < -0.3 is 10.3 Å². The van der Waals surface area contributed by atoms with Gasteiger partial charge in [-0.05, 0) is 19.9 Å². The maximum Gasteiger partial charge on any atom is 0.198 e. The molecule has 0 unspecified atom stereocenters. The molecule has 0 aliphatic carbocycles. The number of carbonyl (C=O) groups excluding carboxylic acids is 1. The van der Waals surface area contributed by atoms with Gasteiger partial charge in [0.15, 0.2) is 11.6 Å². The van der Waals surface area contributed by atoms with Crippen LogP contribution in [0.4, 0.5) is 0 Å². The van der Waals surface area contributed by atoms with Crippen molar-refractivity contribution in [2.45, 2.75) is 26.3 Å². The van der Waals surface area contributed by atoms with Gasteiger partial charge >= 0.3 is 0 Å². The van der Waals surface area contributed by atoms with Gasteiger partial charge in [-0.3, -0.25) is 4.79 Å². The fourth-order valence-electron chi connectivity index (χ4n) is 1.19. The lowest BCUT2D eigenvalue weighted by Crippen LogP contribution is -2.11. The normalized spacial score (nSPS) is 10.3. The molecule has 4 heteroatoms. The summed E-state index contributed by atoms with van der Waals surface area (Å²) in [6, 6.07) is 0. The van der Waals surface area contributed by atoms with E-state index in [0.717, 1.165) is 13.0 Å². The molecule has 1 heterocycles. The summed E-state index contributed by atoms with van der Waals surface area (Å²) in [4.78, 5) is 15.5. The van der Waals surface area contributed by atoms with Gasteiger partial charge in [-0.1, -0.05) is 0 Å². The van der Waals surface area contributed by atoms with Crippen molar-refractivity contribution >= 4 is 5.78 Å². The van der Waals surface area contributed by atoms with Crippen molar-refractivity contribution in [2.75, 3.05) is 6.54 Å². The van der Waals surface area contributed by atoms with Crippen molar-refractivity contribution in [2.24, 2.45) is 5.73 Å². The van der Waals surface area contributed by atoms with E-state index in [1.54, 1.807) is 6.20 Å². The molecule has 2 N–H and O–H groups in total. The van der Waals surface area contributed by atoms with Crippen LogP contribution >= 0.6 is 0 Å². The van der Waals surface area contributed by atoms with Crippen LogP contribution < -0.4 is 5.73 Å². The minimum Gasteiger partial charge on any atom is -0.330 e. The Kier molecular flexibility index (Phi) is 3.64. The molecule has 1 aromatic heterocycles. The number of carbonyl (C=O) groups is 1. The second-order valence-electron chi connectivity index (χ2n) is 2.85. The van der Waals surface area contributed by atoms with Crippen LogP contribution in [-0.4, -0.2) is 21.9 Å². The van der Waals surface area contributed by atoms with Gasteiger partial charge in [-0.25, -0.2) is 4.98 Å². The first-order chi connectivity index (χ1) is 6.29. The van der Waals surface area contributed by atoms with Crippen molar-refractivity contribution in [1.82, 2.24) is 9.55 Å². The fourth-order valence-corrected chi connectivity index (χ4v) is 1.19. The number of hydrogen-bond donors (Lipinski definition) is 1.